The minimum atomic E-state index is -0.0776. The Balaban J connectivity index is 2.58. The van der Waals surface area contributed by atoms with Crippen LogP contribution >= 0.6 is 0 Å². The molecular formula is C13H20N2O. The molecule has 0 radical (unpaired) electrons. The third kappa shape index (κ3) is 3.35. The minimum Gasteiger partial charge on any atom is -0.349 e. The van der Waals surface area contributed by atoms with Gasteiger partial charge in [0.05, 0.1) is 6.04 Å². The number of benzene rings is 1. The molecule has 3 heteroatoms. The molecule has 0 unspecified atom stereocenters. The van der Waals surface area contributed by atoms with Crippen LogP contribution in [0.25, 0.3) is 0 Å². The summed E-state index contributed by atoms with van der Waals surface area (Å²) >= 11 is 0. The average Bonchev–Trinajstić information content (AvgIpc) is 2.31. The van der Waals surface area contributed by atoms with Crippen molar-refractivity contribution in [1.82, 2.24) is 5.32 Å². The molecule has 0 spiro atoms. The predicted molar refractivity (Wildman–Crippen MR) is 65.8 cm³/mol. The van der Waals surface area contributed by atoms with E-state index >= 15 is 0 Å². The van der Waals surface area contributed by atoms with E-state index in [2.05, 4.69) is 5.32 Å². The van der Waals surface area contributed by atoms with Crippen molar-refractivity contribution in [2.75, 3.05) is 6.54 Å². The number of hydrogen-bond donors (Lipinski definition) is 2. The van der Waals surface area contributed by atoms with E-state index in [1.54, 1.807) is 0 Å². The monoisotopic (exact) mass is 220 g/mol. The van der Waals surface area contributed by atoms with Gasteiger partial charge < -0.3 is 11.1 Å². The van der Waals surface area contributed by atoms with Crippen molar-refractivity contribution in [2.24, 2.45) is 11.7 Å². The first kappa shape index (κ1) is 12.7. The van der Waals surface area contributed by atoms with Crippen LogP contribution in [-0.4, -0.2) is 12.5 Å². The van der Waals surface area contributed by atoms with Gasteiger partial charge in [0.1, 0.15) is 0 Å². The number of carbonyl (C=O) groups is 1. The van der Waals surface area contributed by atoms with E-state index in [1.807, 2.05) is 44.2 Å². The number of hydrogen-bond acceptors (Lipinski definition) is 2. The maximum absolute atomic E-state index is 11.8. The Kier molecular flexibility index (Phi) is 4.99. The normalized spacial score (nSPS) is 14.2. The Morgan fingerprint density at radius 1 is 1.38 bits per heavy atom. The zero-order valence-corrected chi connectivity index (χ0v) is 9.94. The molecule has 1 aromatic carbocycles. The van der Waals surface area contributed by atoms with Gasteiger partial charge in [-0.15, -0.1) is 0 Å². The molecule has 16 heavy (non-hydrogen) atoms. The molecule has 0 aliphatic heterocycles. The summed E-state index contributed by atoms with van der Waals surface area (Å²) in [5.74, 6) is -0.0347. The molecular weight excluding hydrogens is 200 g/mol. The fourth-order valence-corrected chi connectivity index (χ4v) is 1.62. The second-order valence-corrected chi connectivity index (χ2v) is 3.98. The maximum Gasteiger partial charge on any atom is 0.224 e. The van der Waals surface area contributed by atoms with Crippen molar-refractivity contribution in [3.63, 3.8) is 0 Å². The summed E-state index contributed by atoms with van der Waals surface area (Å²) < 4.78 is 0. The first-order valence-corrected chi connectivity index (χ1v) is 5.74. The van der Waals surface area contributed by atoms with Gasteiger partial charge in [-0.3, -0.25) is 4.79 Å². The van der Waals surface area contributed by atoms with Crippen LogP contribution < -0.4 is 11.1 Å². The smallest absolute Gasteiger partial charge is 0.224 e. The molecule has 0 aromatic heterocycles. The van der Waals surface area contributed by atoms with Crippen LogP contribution in [0.3, 0.4) is 0 Å². The largest absolute Gasteiger partial charge is 0.349 e. The number of amides is 1. The van der Waals surface area contributed by atoms with Crippen molar-refractivity contribution in [3.05, 3.63) is 35.9 Å². The Bertz CT molecular complexity index is 320. The van der Waals surface area contributed by atoms with E-state index in [0.717, 1.165) is 12.0 Å². The summed E-state index contributed by atoms with van der Waals surface area (Å²) in [6.07, 6.45) is 0.782. The van der Waals surface area contributed by atoms with Crippen LogP contribution in [0.2, 0.25) is 0 Å². The van der Waals surface area contributed by atoms with E-state index in [-0.39, 0.29) is 17.9 Å². The Morgan fingerprint density at radius 2 is 2.00 bits per heavy atom. The molecule has 0 bridgehead atoms. The predicted octanol–water partition coefficient (Wildman–Crippen LogP) is 1.85. The highest BCUT2D eigenvalue weighted by Gasteiger charge is 2.16. The molecule has 3 N–H and O–H groups in total. The summed E-state index contributed by atoms with van der Waals surface area (Å²) in [5, 5.41) is 2.98. The molecule has 1 amide bonds. The van der Waals surface area contributed by atoms with Crippen LogP contribution in [0, 0.1) is 5.92 Å². The molecule has 0 saturated heterocycles. The molecule has 0 aliphatic rings. The number of rotatable bonds is 5. The van der Waals surface area contributed by atoms with E-state index in [0.29, 0.717) is 6.54 Å². The quantitative estimate of drug-likeness (QED) is 0.795. The van der Waals surface area contributed by atoms with Gasteiger partial charge in [-0.05, 0) is 18.9 Å². The van der Waals surface area contributed by atoms with Gasteiger partial charge in [0.25, 0.3) is 0 Å². The van der Waals surface area contributed by atoms with E-state index < -0.39 is 0 Å². The fraction of sp³-hybridized carbons (Fsp3) is 0.462. The van der Waals surface area contributed by atoms with Crippen LogP contribution in [0.5, 0.6) is 0 Å². The van der Waals surface area contributed by atoms with Crippen molar-refractivity contribution >= 4 is 5.91 Å². The van der Waals surface area contributed by atoms with Gasteiger partial charge in [0, 0.05) is 12.5 Å². The van der Waals surface area contributed by atoms with Crippen LogP contribution in [0.1, 0.15) is 31.9 Å². The fourth-order valence-electron chi connectivity index (χ4n) is 1.62. The zero-order valence-electron chi connectivity index (χ0n) is 9.94. The van der Waals surface area contributed by atoms with Crippen LogP contribution in [-0.2, 0) is 4.79 Å². The third-order valence-electron chi connectivity index (χ3n) is 2.81. The van der Waals surface area contributed by atoms with Crippen LogP contribution in [0.4, 0.5) is 0 Å². The van der Waals surface area contributed by atoms with E-state index in [9.17, 15) is 4.79 Å². The Morgan fingerprint density at radius 3 is 2.50 bits per heavy atom. The first-order valence-electron chi connectivity index (χ1n) is 5.74. The van der Waals surface area contributed by atoms with Gasteiger partial charge in [0.15, 0.2) is 0 Å². The summed E-state index contributed by atoms with van der Waals surface area (Å²) in [6, 6.07) is 9.96. The van der Waals surface area contributed by atoms with Crippen LogP contribution in [0.15, 0.2) is 30.3 Å². The Hall–Kier alpha value is -1.35. The number of nitrogens with one attached hydrogen (secondary N) is 1. The molecule has 88 valence electrons. The molecule has 0 aliphatic carbocycles. The maximum atomic E-state index is 11.8. The lowest BCUT2D eigenvalue weighted by atomic mass is 10.0. The number of carbonyl (C=O) groups excluding carboxylic acids is 1. The zero-order chi connectivity index (χ0) is 12.0. The first-order chi connectivity index (χ1) is 7.69. The topological polar surface area (TPSA) is 55.1 Å². The SMILES string of the molecule is CC[C@H](CN)C(=O)N[C@H](C)c1ccccc1. The summed E-state index contributed by atoms with van der Waals surface area (Å²) in [6.45, 7) is 4.37. The van der Waals surface area contributed by atoms with Crippen molar-refractivity contribution < 1.29 is 4.79 Å². The molecule has 0 fully saturated rings. The van der Waals surface area contributed by atoms with Crippen molar-refractivity contribution in [1.29, 1.82) is 0 Å². The molecule has 0 saturated carbocycles. The highest BCUT2D eigenvalue weighted by Crippen LogP contribution is 2.12. The average molecular weight is 220 g/mol. The highest BCUT2D eigenvalue weighted by molar-refractivity contribution is 5.79. The third-order valence-corrected chi connectivity index (χ3v) is 2.81. The lowest BCUT2D eigenvalue weighted by Gasteiger charge is -2.18. The number of nitrogens with two attached hydrogens (primary N) is 1. The highest BCUT2D eigenvalue weighted by atomic mass is 16.1. The molecule has 2 atom stereocenters. The van der Waals surface area contributed by atoms with Crippen molar-refractivity contribution in [3.8, 4) is 0 Å². The lowest BCUT2D eigenvalue weighted by molar-refractivity contribution is -0.125. The van der Waals surface area contributed by atoms with Gasteiger partial charge in [-0.1, -0.05) is 37.3 Å². The van der Waals surface area contributed by atoms with Crippen molar-refractivity contribution in [2.45, 2.75) is 26.3 Å². The summed E-state index contributed by atoms with van der Waals surface area (Å²) in [7, 11) is 0. The van der Waals surface area contributed by atoms with Gasteiger partial charge >= 0.3 is 0 Å². The van der Waals surface area contributed by atoms with Gasteiger partial charge in [-0.2, -0.15) is 0 Å². The Labute approximate surface area is 97.0 Å². The second-order valence-electron chi connectivity index (χ2n) is 3.98. The standard InChI is InChI=1S/C13H20N2O/c1-3-11(9-14)13(16)15-10(2)12-7-5-4-6-8-12/h4-8,10-11H,3,9,14H2,1-2H3,(H,15,16)/t10-,11-/m1/s1. The summed E-state index contributed by atoms with van der Waals surface area (Å²) in [4.78, 5) is 11.8. The molecule has 3 nitrogen and oxygen atoms in total. The molecule has 1 rings (SSSR count). The molecule has 0 heterocycles. The van der Waals surface area contributed by atoms with Gasteiger partial charge in [0.2, 0.25) is 5.91 Å². The van der Waals surface area contributed by atoms with E-state index in [1.165, 1.54) is 0 Å². The van der Waals surface area contributed by atoms with Gasteiger partial charge in [-0.25, -0.2) is 0 Å². The summed E-state index contributed by atoms with van der Waals surface area (Å²) in [5.41, 5.74) is 6.65. The van der Waals surface area contributed by atoms with E-state index in [4.69, 9.17) is 5.73 Å². The molecule has 1 aromatic rings. The minimum absolute atomic E-state index is 0.0364. The lowest BCUT2D eigenvalue weighted by Crippen LogP contribution is -2.36. The second kappa shape index (κ2) is 6.28.